The summed E-state index contributed by atoms with van der Waals surface area (Å²) in [5.41, 5.74) is 0.419. The molecule has 6 nitrogen and oxygen atoms in total. The number of likely N-dealkylation sites (N-methyl/N-ethyl adjacent to an activating group) is 1. The molecule has 1 amide bonds. The van der Waals surface area contributed by atoms with Gasteiger partial charge < -0.3 is 14.5 Å². The smallest absolute Gasteiger partial charge is 0.258 e. The minimum atomic E-state index is -0.260. The van der Waals surface area contributed by atoms with Crippen LogP contribution in [-0.4, -0.2) is 44.3 Å². The minimum Gasteiger partial charge on any atom is -0.483 e. The zero-order chi connectivity index (χ0) is 16.7. The third kappa shape index (κ3) is 4.69. The lowest BCUT2D eigenvalue weighted by atomic mass is 10.2. The van der Waals surface area contributed by atoms with Gasteiger partial charge in [0, 0.05) is 6.54 Å². The molecular weight excluding hydrogens is 296 g/mol. The number of ether oxygens (including phenoxy) is 1. The lowest BCUT2D eigenvalue weighted by Gasteiger charge is -2.22. The number of para-hydroxylation sites is 1. The highest BCUT2D eigenvalue weighted by molar-refractivity contribution is 5.80. The van der Waals surface area contributed by atoms with Gasteiger partial charge in [0.05, 0.1) is 17.9 Å². The van der Waals surface area contributed by atoms with E-state index < -0.39 is 0 Å². The van der Waals surface area contributed by atoms with Crippen LogP contribution in [0.25, 0.3) is 0 Å². The van der Waals surface area contributed by atoms with Crippen molar-refractivity contribution in [2.45, 2.75) is 6.04 Å². The summed E-state index contributed by atoms with van der Waals surface area (Å²) in [5, 5.41) is 2.81. The maximum absolute atomic E-state index is 11.9. The van der Waals surface area contributed by atoms with Gasteiger partial charge in [-0.15, -0.1) is 0 Å². The number of hydrogen-bond acceptors (Lipinski definition) is 5. The Bertz CT molecular complexity index is 638. The Morgan fingerprint density at radius 2 is 2.09 bits per heavy atom. The SMILES string of the molecule is CN(C)C(CNC(=O)COc1ccccc1C=O)c1ccco1. The van der Waals surface area contributed by atoms with Gasteiger partial charge in [0.1, 0.15) is 11.5 Å². The Balaban J connectivity index is 1.86. The van der Waals surface area contributed by atoms with Gasteiger partial charge in [-0.2, -0.15) is 0 Å². The van der Waals surface area contributed by atoms with Gasteiger partial charge in [-0.1, -0.05) is 12.1 Å². The van der Waals surface area contributed by atoms with Crippen molar-refractivity contribution in [3.05, 3.63) is 54.0 Å². The molecule has 0 bridgehead atoms. The number of hydrogen-bond donors (Lipinski definition) is 1. The Labute approximate surface area is 135 Å². The molecule has 0 spiro atoms. The van der Waals surface area contributed by atoms with Gasteiger partial charge in [-0.05, 0) is 38.4 Å². The number of furan rings is 1. The van der Waals surface area contributed by atoms with Crippen molar-refractivity contribution in [3.8, 4) is 5.75 Å². The zero-order valence-corrected chi connectivity index (χ0v) is 13.2. The number of aldehydes is 1. The summed E-state index contributed by atoms with van der Waals surface area (Å²) in [7, 11) is 3.83. The molecule has 1 heterocycles. The van der Waals surface area contributed by atoms with Crippen LogP contribution in [0.15, 0.2) is 47.1 Å². The van der Waals surface area contributed by atoms with E-state index in [2.05, 4.69) is 5.32 Å². The molecule has 23 heavy (non-hydrogen) atoms. The molecule has 0 fully saturated rings. The molecule has 1 aromatic carbocycles. The van der Waals surface area contributed by atoms with Crippen molar-refractivity contribution < 1.29 is 18.7 Å². The zero-order valence-electron chi connectivity index (χ0n) is 13.2. The number of carbonyl (C=O) groups excluding carboxylic acids is 2. The molecule has 0 saturated heterocycles. The van der Waals surface area contributed by atoms with Crippen LogP contribution in [0, 0.1) is 0 Å². The Morgan fingerprint density at radius 1 is 1.30 bits per heavy atom. The average Bonchev–Trinajstić information content (AvgIpc) is 3.07. The molecule has 6 heteroatoms. The molecule has 122 valence electrons. The molecular formula is C17H20N2O4. The fraction of sp³-hybridized carbons (Fsp3) is 0.294. The number of nitrogens with zero attached hydrogens (tertiary/aromatic N) is 1. The highest BCUT2D eigenvalue weighted by atomic mass is 16.5. The molecule has 1 atom stereocenters. The molecule has 0 aliphatic rings. The summed E-state index contributed by atoms with van der Waals surface area (Å²) in [5.74, 6) is 0.916. The summed E-state index contributed by atoms with van der Waals surface area (Å²) >= 11 is 0. The lowest BCUT2D eigenvalue weighted by molar-refractivity contribution is -0.123. The van der Waals surface area contributed by atoms with Crippen molar-refractivity contribution in [3.63, 3.8) is 0 Å². The first-order valence-electron chi connectivity index (χ1n) is 7.25. The molecule has 0 radical (unpaired) electrons. The maximum Gasteiger partial charge on any atom is 0.258 e. The molecule has 0 aliphatic carbocycles. The topological polar surface area (TPSA) is 71.8 Å². The van der Waals surface area contributed by atoms with Gasteiger partial charge in [0.15, 0.2) is 12.9 Å². The van der Waals surface area contributed by atoms with E-state index in [0.29, 0.717) is 24.1 Å². The van der Waals surface area contributed by atoms with Gasteiger partial charge in [-0.3, -0.25) is 14.5 Å². The maximum atomic E-state index is 11.9. The van der Waals surface area contributed by atoms with E-state index in [1.807, 2.05) is 31.1 Å². The second-order valence-corrected chi connectivity index (χ2v) is 5.24. The van der Waals surface area contributed by atoms with Crippen molar-refractivity contribution >= 4 is 12.2 Å². The van der Waals surface area contributed by atoms with Crippen LogP contribution in [0.1, 0.15) is 22.2 Å². The quantitative estimate of drug-likeness (QED) is 0.753. The van der Waals surface area contributed by atoms with Crippen LogP contribution in [-0.2, 0) is 4.79 Å². The van der Waals surface area contributed by atoms with Crippen molar-refractivity contribution in [2.75, 3.05) is 27.2 Å². The monoisotopic (exact) mass is 316 g/mol. The van der Waals surface area contributed by atoms with Gasteiger partial charge in [0.2, 0.25) is 0 Å². The fourth-order valence-electron chi connectivity index (χ4n) is 2.13. The molecule has 0 aliphatic heterocycles. The Morgan fingerprint density at radius 3 is 2.74 bits per heavy atom. The first-order valence-corrected chi connectivity index (χ1v) is 7.25. The molecule has 2 aromatic rings. The van der Waals surface area contributed by atoms with Crippen LogP contribution in [0.2, 0.25) is 0 Å². The average molecular weight is 316 g/mol. The molecule has 1 aromatic heterocycles. The number of rotatable bonds is 8. The second kappa shape index (κ2) is 8.14. The van der Waals surface area contributed by atoms with Crippen LogP contribution >= 0.6 is 0 Å². The predicted octanol–water partition coefficient (Wildman–Crippen LogP) is 1.89. The number of carbonyl (C=O) groups is 2. The van der Waals surface area contributed by atoms with Crippen LogP contribution in [0.3, 0.4) is 0 Å². The van der Waals surface area contributed by atoms with E-state index in [1.165, 1.54) is 0 Å². The highest BCUT2D eigenvalue weighted by Crippen LogP contribution is 2.18. The summed E-state index contributed by atoms with van der Waals surface area (Å²) < 4.78 is 10.8. The summed E-state index contributed by atoms with van der Waals surface area (Å²) in [6, 6.07) is 10.4. The van der Waals surface area contributed by atoms with E-state index in [4.69, 9.17) is 9.15 Å². The number of nitrogens with one attached hydrogen (secondary N) is 1. The summed E-state index contributed by atoms with van der Waals surface area (Å²) in [6.07, 6.45) is 2.30. The van der Waals surface area contributed by atoms with E-state index in [1.54, 1.807) is 30.5 Å². The van der Waals surface area contributed by atoms with Gasteiger partial charge in [0.25, 0.3) is 5.91 Å². The first kappa shape index (κ1) is 16.8. The van der Waals surface area contributed by atoms with Crippen molar-refractivity contribution in [1.82, 2.24) is 10.2 Å². The van der Waals surface area contributed by atoms with Crippen molar-refractivity contribution in [2.24, 2.45) is 0 Å². The third-order valence-corrected chi connectivity index (χ3v) is 3.39. The van der Waals surface area contributed by atoms with E-state index in [-0.39, 0.29) is 18.6 Å². The van der Waals surface area contributed by atoms with E-state index >= 15 is 0 Å². The van der Waals surface area contributed by atoms with E-state index in [0.717, 1.165) is 5.76 Å². The fourth-order valence-corrected chi connectivity index (χ4v) is 2.13. The molecule has 1 N–H and O–H groups in total. The summed E-state index contributed by atoms with van der Waals surface area (Å²) in [4.78, 5) is 24.8. The Kier molecular flexibility index (Phi) is 5.94. The number of benzene rings is 1. The highest BCUT2D eigenvalue weighted by Gasteiger charge is 2.18. The van der Waals surface area contributed by atoms with Gasteiger partial charge in [-0.25, -0.2) is 0 Å². The third-order valence-electron chi connectivity index (χ3n) is 3.39. The van der Waals surface area contributed by atoms with Gasteiger partial charge >= 0.3 is 0 Å². The Hall–Kier alpha value is -2.60. The first-order chi connectivity index (χ1) is 11.1. The van der Waals surface area contributed by atoms with Crippen LogP contribution in [0.5, 0.6) is 5.75 Å². The lowest BCUT2D eigenvalue weighted by Crippen LogP contribution is -2.36. The predicted molar refractivity (Wildman–Crippen MR) is 85.5 cm³/mol. The number of amides is 1. The van der Waals surface area contributed by atoms with Crippen molar-refractivity contribution in [1.29, 1.82) is 0 Å². The van der Waals surface area contributed by atoms with Crippen LogP contribution in [0.4, 0.5) is 0 Å². The standard InChI is InChI=1S/C17H20N2O4/c1-19(2)14(16-8-5-9-22-16)10-18-17(21)12-23-15-7-4-3-6-13(15)11-20/h3-9,11,14H,10,12H2,1-2H3,(H,18,21). The normalized spacial score (nSPS) is 12.0. The molecule has 0 saturated carbocycles. The largest absolute Gasteiger partial charge is 0.483 e. The molecule has 2 rings (SSSR count). The minimum absolute atomic E-state index is 0.0591. The molecule has 1 unspecified atom stereocenters. The second-order valence-electron chi connectivity index (χ2n) is 5.24. The van der Waals surface area contributed by atoms with Crippen LogP contribution < -0.4 is 10.1 Å². The summed E-state index contributed by atoms with van der Waals surface area (Å²) in [6.45, 7) is 0.251. The van der Waals surface area contributed by atoms with E-state index in [9.17, 15) is 9.59 Å².